The number of hydrogen-bond donors (Lipinski definition) is 1. The smallest absolute Gasteiger partial charge is 0.257 e. The van der Waals surface area contributed by atoms with Crippen LogP contribution in [0.4, 0.5) is 4.39 Å². The summed E-state index contributed by atoms with van der Waals surface area (Å²) in [4.78, 5) is 27.9. The Labute approximate surface area is 215 Å². The van der Waals surface area contributed by atoms with Crippen LogP contribution in [0.5, 0.6) is 0 Å². The highest BCUT2D eigenvalue weighted by molar-refractivity contribution is 6.00. The van der Waals surface area contributed by atoms with Crippen molar-refractivity contribution in [3.63, 3.8) is 0 Å². The summed E-state index contributed by atoms with van der Waals surface area (Å²) in [5, 5.41) is 7.68. The lowest BCUT2D eigenvalue weighted by molar-refractivity contribution is -0.122. The molecule has 0 bridgehead atoms. The van der Waals surface area contributed by atoms with Gasteiger partial charge in [-0.05, 0) is 48.6 Å². The normalized spacial score (nSPS) is 13.9. The van der Waals surface area contributed by atoms with Gasteiger partial charge in [0, 0.05) is 37.8 Å². The third-order valence-corrected chi connectivity index (χ3v) is 6.79. The molecule has 0 aliphatic carbocycles. The minimum atomic E-state index is -0.292. The van der Waals surface area contributed by atoms with Gasteiger partial charge in [-0.2, -0.15) is 5.10 Å². The van der Waals surface area contributed by atoms with Gasteiger partial charge in [-0.25, -0.2) is 9.07 Å². The average Bonchev–Trinajstić information content (AvgIpc) is 3.39. The Hall–Kier alpha value is -4.26. The van der Waals surface area contributed by atoms with Crippen molar-refractivity contribution in [1.29, 1.82) is 0 Å². The molecule has 188 valence electrons. The van der Waals surface area contributed by atoms with Crippen molar-refractivity contribution in [3.8, 4) is 16.9 Å². The number of benzene rings is 3. The summed E-state index contributed by atoms with van der Waals surface area (Å²) in [7, 11) is 0. The topological polar surface area (TPSA) is 67.2 Å². The number of carbonyl (C=O) groups is 2. The zero-order valence-corrected chi connectivity index (χ0v) is 20.5. The lowest BCUT2D eigenvalue weighted by atomic mass is 9.92. The summed E-state index contributed by atoms with van der Waals surface area (Å²) in [5.74, 6) is -0.137. The van der Waals surface area contributed by atoms with Crippen molar-refractivity contribution in [3.05, 3.63) is 108 Å². The Kier molecular flexibility index (Phi) is 7.40. The first-order valence-corrected chi connectivity index (χ1v) is 12.6. The molecule has 7 heteroatoms. The number of amides is 2. The second-order valence-electron chi connectivity index (χ2n) is 9.38. The van der Waals surface area contributed by atoms with E-state index in [1.165, 1.54) is 12.1 Å². The third kappa shape index (κ3) is 5.94. The fourth-order valence-corrected chi connectivity index (χ4v) is 4.70. The number of carbonyl (C=O) groups excluding carboxylic acids is 2. The SMILES string of the molecule is O=C(CC1CCN(C(=O)c2cn(-c3ccccc3)nc2-c2ccccc2)CC1)NCc1ccc(F)cc1. The van der Waals surface area contributed by atoms with E-state index in [0.29, 0.717) is 37.3 Å². The first-order valence-electron chi connectivity index (χ1n) is 12.6. The Morgan fingerprint density at radius 3 is 2.22 bits per heavy atom. The lowest BCUT2D eigenvalue weighted by Crippen LogP contribution is -2.39. The van der Waals surface area contributed by atoms with Crippen LogP contribution in [0.25, 0.3) is 16.9 Å². The maximum atomic E-state index is 13.6. The molecule has 0 spiro atoms. The van der Waals surface area contributed by atoms with Crippen LogP contribution in [0.2, 0.25) is 0 Å². The van der Waals surface area contributed by atoms with Crippen molar-refractivity contribution < 1.29 is 14.0 Å². The van der Waals surface area contributed by atoms with E-state index in [-0.39, 0.29) is 23.5 Å². The molecule has 2 heterocycles. The van der Waals surface area contributed by atoms with Gasteiger partial charge in [0.25, 0.3) is 5.91 Å². The zero-order valence-electron chi connectivity index (χ0n) is 20.5. The predicted octanol–water partition coefficient (Wildman–Crippen LogP) is 5.24. The van der Waals surface area contributed by atoms with Crippen LogP contribution in [0.3, 0.4) is 0 Å². The van der Waals surface area contributed by atoms with Crippen LogP contribution >= 0.6 is 0 Å². The quantitative estimate of drug-likeness (QED) is 0.381. The van der Waals surface area contributed by atoms with E-state index in [0.717, 1.165) is 29.7 Å². The predicted molar refractivity (Wildman–Crippen MR) is 140 cm³/mol. The number of para-hydroxylation sites is 1. The highest BCUT2D eigenvalue weighted by atomic mass is 19.1. The number of halogens is 1. The van der Waals surface area contributed by atoms with Crippen LogP contribution in [0.15, 0.2) is 91.1 Å². The van der Waals surface area contributed by atoms with E-state index in [1.807, 2.05) is 71.8 Å². The molecule has 0 unspecified atom stereocenters. The van der Waals surface area contributed by atoms with Gasteiger partial charge in [-0.3, -0.25) is 9.59 Å². The van der Waals surface area contributed by atoms with Crippen molar-refractivity contribution >= 4 is 11.8 Å². The molecule has 0 atom stereocenters. The fraction of sp³-hybridized carbons (Fsp3) is 0.233. The Bertz CT molecular complexity index is 1350. The summed E-state index contributed by atoms with van der Waals surface area (Å²) in [5.41, 5.74) is 3.89. The van der Waals surface area contributed by atoms with Gasteiger partial charge in [0.2, 0.25) is 5.91 Å². The van der Waals surface area contributed by atoms with Crippen LogP contribution in [0.1, 0.15) is 35.2 Å². The monoisotopic (exact) mass is 496 g/mol. The van der Waals surface area contributed by atoms with Crippen molar-refractivity contribution in [2.45, 2.75) is 25.8 Å². The number of aromatic nitrogens is 2. The second-order valence-corrected chi connectivity index (χ2v) is 9.38. The van der Waals surface area contributed by atoms with Crippen molar-refractivity contribution in [2.75, 3.05) is 13.1 Å². The van der Waals surface area contributed by atoms with Gasteiger partial charge in [0.15, 0.2) is 0 Å². The summed E-state index contributed by atoms with van der Waals surface area (Å²) in [6, 6.07) is 25.6. The van der Waals surface area contributed by atoms with Gasteiger partial charge in [0.1, 0.15) is 11.5 Å². The van der Waals surface area contributed by atoms with Crippen LogP contribution < -0.4 is 5.32 Å². The third-order valence-electron chi connectivity index (χ3n) is 6.79. The maximum absolute atomic E-state index is 13.6. The summed E-state index contributed by atoms with van der Waals surface area (Å²) in [6.45, 7) is 1.57. The zero-order chi connectivity index (χ0) is 25.6. The van der Waals surface area contributed by atoms with E-state index >= 15 is 0 Å². The fourth-order valence-electron chi connectivity index (χ4n) is 4.70. The first kappa shape index (κ1) is 24.4. The molecule has 37 heavy (non-hydrogen) atoms. The number of nitrogens with one attached hydrogen (secondary N) is 1. The molecule has 1 aliphatic rings. The van der Waals surface area contributed by atoms with Gasteiger partial charge < -0.3 is 10.2 Å². The van der Waals surface area contributed by atoms with E-state index in [2.05, 4.69) is 5.32 Å². The molecule has 3 aromatic carbocycles. The van der Waals surface area contributed by atoms with Gasteiger partial charge in [-0.1, -0.05) is 60.7 Å². The van der Waals surface area contributed by atoms with Crippen molar-refractivity contribution in [1.82, 2.24) is 20.0 Å². The average molecular weight is 497 g/mol. The summed E-state index contributed by atoms with van der Waals surface area (Å²) < 4.78 is 14.8. The number of piperidine rings is 1. The number of hydrogen-bond acceptors (Lipinski definition) is 3. The second kappa shape index (κ2) is 11.2. The molecule has 1 saturated heterocycles. The van der Waals surface area contributed by atoms with Crippen LogP contribution in [-0.2, 0) is 11.3 Å². The highest BCUT2D eigenvalue weighted by Gasteiger charge is 2.28. The van der Waals surface area contributed by atoms with Crippen molar-refractivity contribution in [2.24, 2.45) is 5.92 Å². The standard InChI is InChI=1S/C30H29FN4O2/c31-25-13-11-23(12-14-25)20-32-28(36)19-22-15-17-34(18-16-22)30(37)27-21-35(26-9-5-2-6-10-26)33-29(27)24-7-3-1-4-8-24/h1-14,21-22H,15-20H2,(H,32,36). The van der Waals surface area contributed by atoms with Gasteiger partial charge in [0.05, 0.1) is 11.3 Å². The molecule has 6 nitrogen and oxygen atoms in total. The molecular weight excluding hydrogens is 467 g/mol. The van der Waals surface area contributed by atoms with E-state index in [1.54, 1.807) is 16.8 Å². The number of rotatable bonds is 7. The first-order chi connectivity index (χ1) is 18.1. The highest BCUT2D eigenvalue weighted by Crippen LogP contribution is 2.27. The minimum Gasteiger partial charge on any atom is -0.352 e. The molecule has 5 rings (SSSR count). The number of likely N-dealkylation sites (tertiary alicyclic amines) is 1. The largest absolute Gasteiger partial charge is 0.352 e. The van der Waals surface area contributed by atoms with Gasteiger partial charge >= 0.3 is 0 Å². The molecule has 0 radical (unpaired) electrons. The molecule has 4 aromatic rings. The molecule has 1 aromatic heterocycles. The molecule has 1 N–H and O–H groups in total. The summed E-state index contributed by atoms with van der Waals surface area (Å²) in [6.07, 6.45) is 3.77. The lowest BCUT2D eigenvalue weighted by Gasteiger charge is -2.31. The van der Waals surface area contributed by atoms with E-state index < -0.39 is 0 Å². The van der Waals surface area contributed by atoms with E-state index in [9.17, 15) is 14.0 Å². The molecule has 2 amide bonds. The maximum Gasteiger partial charge on any atom is 0.257 e. The molecular formula is C30H29FN4O2. The van der Waals surface area contributed by atoms with Crippen LogP contribution in [-0.4, -0.2) is 39.6 Å². The minimum absolute atomic E-state index is 0.0235. The van der Waals surface area contributed by atoms with Gasteiger partial charge in [-0.15, -0.1) is 0 Å². The van der Waals surface area contributed by atoms with E-state index in [4.69, 9.17) is 5.10 Å². The Morgan fingerprint density at radius 1 is 0.892 bits per heavy atom. The molecule has 1 aliphatic heterocycles. The number of nitrogens with zero attached hydrogens (tertiary/aromatic N) is 3. The molecule has 1 fully saturated rings. The Morgan fingerprint density at radius 2 is 1.54 bits per heavy atom. The van der Waals surface area contributed by atoms with Crippen LogP contribution in [0, 0.1) is 11.7 Å². The summed E-state index contributed by atoms with van der Waals surface area (Å²) >= 11 is 0. The Balaban J connectivity index is 1.22. The molecule has 0 saturated carbocycles.